The van der Waals surface area contributed by atoms with Crippen molar-refractivity contribution in [1.82, 2.24) is 4.57 Å². The molecule has 1 aliphatic rings. The van der Waals surface area contributed by atoms with Gasteiger partial charge in [-0.05, 0) is 32.0 Å². The van der Waals surface area contributed by atoms with Crippen LogP contribution in [0.15, 0.2) is 35.4 Å². The van der Waals surface area contributed by atoms with E-state index >= 15 is 0 Å². The van der Waals surface area contributed by atoms with E-state index in [-0.39, 0.29) is 10.0 Å². The monoisotopic (exact) mass is 364 g/mol. The van der Waals surface area contributed by atoms with Crippen LogP contribution in [0.1, 0.15) is 31.0 Å². The molecule has 0 radical (unpaired) electrons. The first kappa shape index (κ1) is 16.8. The highest BCUT2D eigenvalue weighted by Gasteiger charge is 2.43. The molecule has 0 bridgehead atoms. The summed E-state index contributed by atoms with van der Waals surface area (Å²) in [4.78, 5) is 11.8. The lowest BCUT2D eigenvalue weighted by Crippen LogP contribution is -2.50. The van der Waals surface area contributed by atoms with Crippen molar-refractivity contribution in [3.05, 3.63) is 62.0 Å². The number of hydrogen-bond acceptors (Lipinski definition) is 4. The van der Waals surface area contributed by atoms with Crippen LogP contribution in [-0.2, 0) is 0 Å². The minimum Gasteiger partial charge on any atom is -0.485 e. The van der Waals surface area contributed by atoms with E-state index in [2.05, 4.69) is 6.07 Å². The maximum absolute atomic E-state index is 11.8. The maximum Gasteiger partial charge on any atom is 0.218 e. The largest absolute Gasteiger partial charge is 0.485 e. The Morgan fingerprint density at radius 2 is 1.92 bits per heavy atom. The molecule has 24 heavy (non-hydrogen) atoms. The third-order valence-corrected chi connectivity index (χ3v) is 4.66. The van der Waals surface area contributed by atoms with Gasteiger partial charge in [0, 0.05) is 18.0 Å². The highest BCUT2D eigenvalue weighted by molar-refractivity contribution is 6.34. The summed E-state index contributed by atoms with van der Waals surface area (Å²) in [6.07, 6.45) is 1.90. The molecule has 0 saturated heterocycles. The summed E-state index contributed by atoms with van der Waals surface area (Å²) in [7, 11) is 0. The van der Waals surface area contributed by atoms with Gasteiger partial charge in [-0.2, -0.15) is 5.26 Å². The van der Waals surface area contributed by atoms with Crippen LogP contribution >= 0.6 is 23.2 Å². The van der Waals surface area contributed by atoms with Crippen molar-refractivity contribution in [1.29, 1.82) is 5.26 Å². The van der Waals surface area contributed by atoms with Gasteiger partial charge in [0.15, 0.2) is 0 Å². The van der Waals surface area contributed by atoms with E-state index in [0.29, 0.717) is 16.9 Å². The molecule has 3 rings (SSSR count). The quantitative estimate of drug-likeness (QED) is 0.843. The number of benzene rings is 1. The highest BCUT2D eigenvalue weighted by Crippen LogP contribution is 2.42. The van der Waals surface area contributed by atoms with Crippen LogP contribution in [-0.4, -0.2) is 21.4 Å². The van der Waals surface area contributed by atoms with Gasteiger partial charge in [-0.25, -0.2) is 0 Å². The van der Waals surface area contributed by atoms with E-state index in [1.54, 1.807) is 36.6 Å². The number of aliphatic hydroxyl groups excluding tert-OH is 1. The lowest BCUT2D eigenvalue weighted by Gasteiger charge is -2.43. The van der Waals surface area contributed by atoms with E-state index in [9.17, 15) is 9.90 Å². The molecule has 0 saturated carbocycles. The van der Waals surface area contributed by atoms with Gasteiger partial charge in [0.25, 0.3) is 0 Å². The summed E-state index contributed by atoms with van der Waals surface area (Å²) in [5.74, 6) is 0.556. The molecule has 1 aromatic heterocycles. The van der Waals surface area contributed by atoms with Crippen LogP contribution in [0.2, 0.25) is 10.0 Å². The number of pyridine rings is 1. The number of fused-ring (bicyclic) bond motifs is 1. The van der Waals surface area contributed by atoms with Gasteiger partial charge in [0.2, 0.25) is 5.43 Å². The Labute approximate surface area is 148 Å². The molecule has 2 heterocycles. The van der Waals surface area contributed by atoms with Crippen molar-refractivity contribution in [3.8, 4) is 11.8 Å². The first-order valence-corrected chi connectivity index (χ1v) is 7.98. The summed E-state index contributed by atoms with van der Waals surface area (Å²) in [6, 6.07) is 6.46. The minimum absolute atomic E-state index is 0.0445. The average molecular weight is 365 g/mol. The standard InChI is InChI=1S/C17H14Cl2N2O3/c1-17(2)16(23)14(21-7-11(18)15(22)12(19)8-21)10-5-9(6-20)3-4-13(10)24-17/h3-5,7-8,14,16,23H,1-2H3/t14-,16+/m1/s1. The number of hydrogen-bond donors (Lipinski definition) is 1. The second kappa shape index (κ2) is 5.82. The minimum atomic E-state index is -0.950. The van der Waals surface area contributed by atoms with Crippen molar-refractivity contribution in [2.45, 2.75) is 31.6 Å². The summed E-state index contributed by atoms with van der Waals surface area (Å²) in [5.41, 5.74) is -0.293. The molecule has 0 spiro atoms. The molecule has 1 aliphatic heterocycles. The SMILES string of the molecule is CC1(C)Oc2ccc(C#N)cc2[C@@H](n2cc(Cl)c(=O)c(Cl)c2)[C@@H]1O. The molecule has 2 aromatic rings. The van der Waals surface area contributed by atoms with E-state index in [4.69, 9.17) is 33.2 Å². The summed E-state index contributed by atoms with van der Waals surface area (Å²) in [6.45, 7) is 3.52. The lowest BCUT2D eigenvalue weighted by atomic mass is 9.85. The molecule has 0 unspecified atom stereocenters. The van der Waals surface area contributed by atoms with Crippen LogP contribution in [0.3, 0.4) is 0 Å². The second-order valence-electron chi connectivity index (χ2n) is 6.19. The number of nitrogens with zero attached hydrogens (tertiary/aromatic N) is 2. The molecule has 0 fully saturated rings. The Balaban J connectivity index is 2.26. The Hall–Kier alpha value is -2.00. The molecule has 2 atom stereocenters. The van der Waals surface area contributed by atoms with Gasteiger partial charge in [-0.3, -0.25) is 4.79 Å². The predicted octanol–water partition coefficient (Wildman–Crippen LogP) is 3.15. The molecular formula is C17H14Cl2N2O3. The van der Waals surface area contributed by atoms with Crippen LogP contribution in [0.4, 0.5) is 0 Å². The molecule has 1 N–H and O–H groups in total. The summed E-state index contributed by atoms with van der Waals surface area (Å²) < 4.78 is 7.45. The van der Waals surface area contributed by atoms with Gasteiger partial charge < -0.3 is 14.4 Å². The van der Waals surface area contributed by atoms with Gasteiger partial charge in [0.1, 0.15) is 27.5 Å². The summed E-state index contributed by atoms with van der Waals surface area (Å²) in [5, 5.41) is 19.9. The Kier molecular flexibility index (Phi) is 4.08. The van der Waals surface area contributed by atoms with E-state index in [1.165, 1.54) is 12.4 Å². The number of ether oxygens (including phenoxy) is 1. The third kappa shape index (κ3) is 2.67. The number of nitriles is 1. The fourth-order valence-electron chi connectivity index (χ4n) is 2.85. The van der Waals surface area contributed by atoms with Crippen molar-refractivity contribution < 1.29 is 9.84 Å². The van der Waals surface area contributed by atoms with E-state index < -0.39 is 23.2 Å². The first-order chi connectivity index (χ1) is 11.2. The zero-order valence-electron chi connectivity index (χ0n) is 13.0. The fourth-order valence-corrected chi connectivity index (χ4v) is 3.33. The Bertz CT molecular complexity index is 889. The number of aliphatic hydroxyl groups is 1. The topological polar surface area (TPSA) is 75.2 Å². The molecule has 124 valence electrons. The van der Waals surface area contributed by atoms with Crippen molar-refractivity contribution >= 4 is 23.2 Å². The van der Waals surface area contributed by atoms with Crippen LogP contribution in [0.25, 0.3) is 0 Å². The van der Waals surface area contributed by atoms with Crippen LogP contribution < -0.4 is 10.2 Å². The highest BCUT2D eigenvalue weighted by atomic mass is 35.5. The predicted molar refractivity (Wildman–Crippen MR) is 90.7 cm³/mol. The number of aromatic nitrogens is 1. The molecule has 1 aromatic carbocycles. The lowest BCUT2D eigenvalue weighted by molar-refractivity contribution is -0.0637. The number of rotatable bonds is 1. The van der Waals surface area contributed by atoms with Gasteiger partial charge in [-0.1, -0.05) is 23.2 Å². The second-order valence-corrected chi connectivity index (χ2v) is 7.00. The Morgan fingerprint density at radius 1 is 1.29 bits per heavy atom. The molecule has 0 amide bonds. The zero-order chi connectivity index (χ0) is 17.6. The smallest absolute Gasteiger partial charge is 0.218 e. The summed E-state index contributed by atoms with van der Waals surface area (Å²) >= 11 is 11.9. The van der Waals surface area contributed by atoms with Crippen molar-refractivity contribution in [3.63, 3.8) is 0 Å². The molecule has 5 nitrogen and oxygen atoms in total. The van der Waals surface area contributed by atoms with E-state index in [0.717, 1.165) is 0 Å². The Morgan fingerprint density at radius 3 is 2.50 bits per heavy atom. The van der Waals surface area contributed by atoms with Gasteiger partial charge in [-0.15, -0.1) is 0 Å². The zero-order valence-corrected chi connectivity index (χ0v) is 14.5. The van der Waals surface area contributed by atoms with Crippen LogP contribution in [0.5, 0.6) is 5.75 Å². The van der Waals surface area contributed by atoms with Crippen molar-refractivity contribution in [2.75, 3.05) is 0 Å². The average Bonchev–Trinajstić information content (AvgIpc) is 2.53. The van der Waals surface area contributed by atoms with E-state index in [1.807, 2.05) is 0 Å². The number of halogens is 2. The molecule has 7 heteroatoms. The normalized spacial score (nSPS) is 21.5. The van der Waals surface area contributed by atoms with Gasteiger partial charge >= 0.3 is 0 Å². The van der Waals surface area contributed by atoms with Crippen LogP contribution in [0, 0.1) is 11.3 Å². The molecular weight excluding hydrogens is 351 g/mol. The van der Waals surface area contributed by atoms with Crippen molar-refractivity contribution in [2.24, 2.45) is 0 Å². The van der Waals surface area contributed by atoms with Gasteiger partial charge in [0.05, 0.1) is 17.7 Å². The molecule has 0 aliphatic carbocycles. The first-order valence-electron chi connectivity index (χ1n) is 7.22. The third-order valence-electron chi connectivity index (χ3n) is 4.12. The fraction of sp³-hybridized carbons (Fsp3) is 0.294. The maximum atomic E-state index is 11.8.